The number of hydrogen-bond acceptors (Lipinski definition) is 5. The summed E-state index contributed by atoms with van der Waals surface area (Å²) in [5, 5.41) is 15.1. The first-order valence-corrected chi connectivity index (χ1v) is 9.66. The molecule has 1 fully saturated rings. The minimum Gasteiger partial charge on any atom is -0.383 e. The van der Waals surface area contributed by atoms with Gasteiger partial charge in [-0.25, -0.2) is 9.37 Å². The Morgan fingerprint density at radius 2 is 2.03 bits per heavy atom. The lowest BCUT2D eigenvalue weighted by atomic mass is 9.99. The van der Waals surface area contributed by atoms with Gasteiger partial charge in [-0.3, -0.25) is 10.1 Å². The third-order valence-corrected chi connectivity index (χ3v) is 5.29. The van der Waals surface area contributed by atoms with Gasteiger partial charge < -0.3 is 15.7 Å². The molecule has 0 radical (unpaired) electrons. The Hall–Kier alpha value is -3.03. The highest BCUT2D eigenvalue weighted by Crippen LogP contribution is 2.31. The molecule has 1 aliphatic heterocycles. The van der Waals surface area contributed by atoms with Gasteiger partial charge in [-0.15, -0.1) is 0 Å². The number of pyridine rings is 1. The number of halogens is 1. The summed E-state index contributed by atoms with van der Waals surface area (Å²) in [7, 11) is 0. The van der Waals surface area contributed by atoms with Crippen molar-refractivity contribution in [2.75, 3.05) is 25.4 Å². The van der Waals surface area contributed by atoms with Crippen LogP contribution in [0.15, 0.2) is 48.7 Å². The highest BCUT2D eigenvalue weighted by Gasteiger charge is 2.20. The van der Waals surface area contributed by atoms with E-state index in [2.05, 4.69) is 10.3 Å². The van der Waals surface area contributed by atoms with Gasteiger partial charge in [0.15, 0.2) is 0 Å². The van der Waals surface area contributed by atoms with Gasteiger partial charge in [-0.1, -0.05) is 24.3 Å². The van der Waals surface area contributed by atoms with Crippen LogP contribution < -0.4 is 11.1 Å². The van der Waals surface area contributed by atoms with Gasteiger partial charge in [-0.05, 0) is 41.1 Å². The number of anilines is 1. The van der Waals surface area contributed by atoms with E-state index in [0.29, 0.717) is 36.3 Å². The molecule has 4 N–H and O–H groups in total. The molecular formula is C22H23FN4O2. The average molecular weight is 394 g/mol. The van der Waals surface area contributed by atoms with Gasteiger partial charge in [-0.2, -0.15) is 0 Å². The van der Waals surface area contributed by atoms with Gasteiger partial charge in [0.25, 0.3) is 0 Å². The van der Waals surface area contributed by atoms with Crippen LogP contribution in [0.25, 0.3) is 21.9 Å². The van der Waals surface area contributed by atoms with Crippen molar-refractivity contribution >= 4 is 22.5 Å². The van der Waals surface area contributed by atoms with Crippen LogP contribution in [-0.4, -0.2) is 40.5 Å². The van der Waals surface area contributed by atoms with Crippen molar-refractivity contribution < 1.29 is 14.3 Å². The summed E-state index contributed by atoms with van der Waals surface area (Å²) in [6, 6.07) is 11.9. The maximum Gasteiger partial charge on any atom is 0.222 e. The number of amides is 1. The molecule has 1 unspecified atom stereocenters. The summed E-state index contributed by atoms with van der Waals surface area (Å²) >= 11 is 0. The zero-order chi connectivity index (χ0) is 20.4. The minimum absolute atomic E-state index is 0.158. The monoisotopic (exact) mass is 394 g/mol. The number of carbonyl (C=O) groups is 1. The maximum absolute atomic E-state index is 13.6. The Kier molecular flexibility index (Phi) is 5.42. The van der Waals surface area contributed by atoms with Crippen LogP contribution in [0, 0.1) is 5.82 Å². The van der Waals surface area contributed by atoms with Crippen molar-refractivity contribution in [3.8, 4) is 11.1 Å². The van der Waals surface area contributed by atoms with Crippen LogP contribution in [0.5, 0.6) is 0 Å². The van der Waals surface area contributed by atoms with Gasteiger partial charge in [0.2, 0.25) is 5.91 Å². The Bertz CT molecular complexity index is 1060. The molecule has 1 atom stereocenters. The number of rotatable bonds is 6. The van der Waals surface area contributed by atoms with Crippen LogP contribution in [0.4, 0.5) is 10.2 Å². The number of aliphatic hydroxyl groups excluding tert-OH is 1. The predicted molar refractivity (Wildman–Crippen MR) is 110 cm³/mol. The number of nitrogen functional groups attached to an aromatic ring is 1. The fraction of sp³-hybridized carbons (Fsp3) is 0.273. The molecule has 4 rings (SSSR count). The lowest BCUT2D eigenvalue weighted by Crippen LogP contribution is -2.34. The van der Waals surface area contributed by atoms with Crippen LogP contribution in [0.3, 0.4) is 0 Å². The Morgan fingerprint density at radius 1 is 1.21 bits per heavy atom. The smallest absolute Gasteiger partial charge is 0.222 e. The third kappa shape index (κ3) is 4.06. The van der Waals surface area contributed by atoms with Gasteiger partial charge >= 0.3 is 0 Å². The number of nitrogens with two attached hydrogens (primary N) is 1. The Labute approximate surface area is 168 Å². The van der Waals surface area contributed by atoms with E-state index in [1.807, 2.05) is 24.3 Å². The van der Waals surface area contributed by atoms with E-state index < -0.39 is 6.23 Å². The molecule has 3 aromatic rings. The van der Waals surface area contributed by atoms with Crippen molar-refractivity contribution in [3.05, 3.63) is 60.0 Å². The fourth-order valence-corrected chi connectivity index (χ4v) is 3.74. The van der Waals surface area contributed by atoms with E-state index in [9.17, 15) is 14.3 Å². The molecule has 29 heavy (non-hydrogen) atoms. The average Bonchev–Trinajstić information content (AvgIpc) is 3.13. The summed E-state index contributed by atoms with van der Waals surface area (Å²) in [4.78, 5) is 17.7. The summed E-state index contributed by atoms with van der Waals surface area (Å²) in [6.07, 6.45) is 2.10. The first-order chi connectivity index (χ1) is 14.0. The van der Waals surface area contributed by atoms with Gasteiger partial charge in [0, 0.05) is 43.2 Å². The van der Waals surface area contributed by atoms with Crippen molar-refractivity contribution in [2.24, 2.45) is 0 Å². The first kappa shape index (κ1) is 19.3. The maximum atomic E-state index is 13.6. The quantitative estimate of drug-likeness (QED) is 0.559. The van der Waals surface area contributed by atoms with Crippen LogP contribution in [0.1, 0.15) is 24.6 Å². The zero-order valence-electron chi connectivity index (χ0n) is 15.9. The molecule has 1 saturated heterocycles. The Morgan fingerprint density at radius 3 is 2.79 bits per heavy atom. The SMILES string of the molecule is Nc1ncc(C(O)NCCN2CCCC2=O)c2ccc(-c3cccc(F)c3)cc12. The fourth-order valence-electron chi connectivity index (χ4n) is 3.74. The summed E-state index contributed by atoms with van der Waals surface area (Å²) < 4.78 is 13.6. The second-order valence-electron chi connectivity index (χ2n) is 7.21. The zero-order valence-corrected chi connectivity index (χ0v) is 15.9. The number of carbonyl (C=O) groups excluding carboxylic acids is 1. The number of benzene rings is 2. The lowest BCUT2D eigenvalue weighted by Gasteiger charge is -2.19. The molecule has 6 nitrogen and oxygen atoms in total. The number of hydrogen-bond donors (Lipinski definition) is 3. The minimum atomic E-state index is -0.941. The summed E-state index contributed by atoms with van der Waals surface area (Å²) in [5.41, 5.74) is 8.23. The van der Waals surface area contributed by atoms with Gasteiger partial charge in [0.05, 0.1) is 0 Å². The van der Waals surface area contributed by atoms with Crippen molar-refractivity contribution in [1.29, 1.82) is 0 Å². The molecule has 150 valence electrons. The molecule has 0 spiro atoms. The standard InChI is InChI=1S/C22H23FN4O2/c23-16-4-1-3-14(11-16)15-6-7-17-18(12-15)21(24)26-13-19(17)22(29)25-8-10-27-9-2-5-20(27)28/h1,3-4,6-7,11-13,22,25,29H,2,5,8-10H2,(H2,24,26). The normalized spacial score (nSPS) is 15.2. The van der Waals surface area contributed by atoms with Crippen molar-refractivity contribution in [1.82, 2.24) is 15.2 Å². The highest BCUT2D eigenvalue weighted by atomic mass is 19.1. The van der Waals surface area contributed by atoms with Crippen molar-refractivity contribution in [2.45, 2.75) is 19.1 Å². The highest BCUT2D eigenvalue weighted by molar-refractivity contribution is 5.96. The molecule has 1 amide bonds. The lowest BCUT2D eigenvalue weighted by molar-refractivity contribution is -0.127. The molecule has 0 aliphatic carbocycles. The first-order valence-electron chi connectivity index (χ1n) is 9.66. The van der Waals surface area contributed by atoms with E-state index in [4.69, 9.17) is 5.73 Å². The number of nitrogens with one attached hydrogen (secondary N) is 1. The van der Waals surface area contributed by atoms with Crippen molar-refractivity contribution in [3.63, 3.8) is 0 Å². The van der Waals surface area contributed by atoms with Crippen LogP contribution >= 0.6 is 0 Å². The number of nitrogens with zero attached hydrogens (tertiary/aromatic N) is 2. The molecule has 2 heterocycles. The molecule has 0 bridgehead atoms. The number of likely N-dealkylation sites (tertiary alicyclic amines) is 1. The molecule has 1 aliphatic rings. The summed E-state index contributed by atoms with van der Waals surface area (Å²) in [5.74, 6) is 0.196. The molecule has 0 saturated carbocycles. The molecule has 7 heteroatoms. The van der Waals surface area contributed by atoms with Crippen LogP contribution in [-0.2, 0) is 4.79 Å². The number of aromatic nitrogens is 1. The Balaban J connectivity index is 1.56. The second-order valence-corrected chi connectivity index (χ2v) is 7.21. The largest absolute Gasteiger partial charge is 0.383 e. The topological polar surface area (TPSA) is 91.5 Å². The van der Waals surface area contributed by atoms with Crippen LogP contribution in [0.2, 0.25) is 0 Å². The van der Waals surface area contributed by atoms with E-state index in [1.165, 1.54) is 12.1 Å². The van der Waals surface area contributed by atoms with E-state index in [-0.39, 0.29) is 11.7 Å². The second kappa shape index (κ2) is 8.14. The number of fused-ring (bicyclic) bond motifs is 1. The van der Waals surface area contributed by atoms with Gasteiger partial charge in [0.1, 0.15) is 17.9 Å². The predicted octanol–water partition coefficient (Wildman–Crippen LogP) is 2.83. The molecule has 1 aromatic heterocycles. The molecule has 2 aromatic carbocycles. The third-order valence-electron chi connectivity index (χ3n) is 5.29. The molecular weight excluding hydrogens is 371 g/mol. The van der Waals surface area contributed by atoms with E-state index in [0.717, 1.165) is 29.5 Å². The van der Waals surface area contributed by atoms with E-state index in [1.54, 1.807) is 17.2 Å². The number of aliphatic hydroxyl groups is 1. The summed E-state index contributed by atoms with van der Waals surface area (Å²) in [6.45, 7) is 1.80. The van der Waals surface area contributed by atoms with E-state index >= 15 is 0 Å².